The first-order chi connectivity index (χ1) is 7.17. The fourth-order valence-corrected chi connectivity index (χ4v) is 1.33. The topological polar surface area (TPSA) is 55.4 Å². The zero-order valence-corrected chi connectivity index (χ0v) is 8.88. The highest BCUT2D eigenvalue weighted by atomic mass is 35.5. The van der Waals surface area contributed by atoms with Crippen molar-refractivity contribution >= 4 is 23.8 Å². The molecule has 15 heavy (non-hydrogen) atoms. The lowest BCUT2D eigenvalue weighted by molar-refractivity contribution is -0.131. The second kappa shape index (κ2) is 5.36. The molecule has 0 aliphatic heterocycles. The van der Waals surface area contributed by atoms with Crippen molar-refractivity contribution in [3.63, 3.8) is 0 Å². The summed E-state index contributed by atoms with van der Waals surface area (Å²) in [4.78, 5) is 20.7. The Balaban J connectivity index is 2.67. The van der Waals surface area contributed by atoms with Crippen LogP contribution in [0.5, 0.6) is 5.75 Å². The zero-order chi connectivity index (χ0) is 11.3. The number of hydrogen-bond acceptors (Lipinski definition) is 3. The summed E-state index contributed by atoms with van der Waals surface area (Å²) in [6.45, 7) is 0.265. The molecule has 0 atom stereocenters. The van der Waals surface area contributed by atoms with Crippen LogP contribution in [0.15, 0.2) is 18.2 Å². The molecule has 1 rings (SSSR count). The van der Waals surface area contributed by atoms with Gasteiger partial charge in [0.2, 0.25) is 6.29 Å². The summed E-state index contributed by atoms with van der Waals surface area (Å²) in [5.74, 6) is -0.0796. The highest BCUT2D eigenvalue weighted by Crippen LogP contribution is 2.24. The SMILES string of the molecule is COc1ccc(CNC(=O)C=O)cc1Cl. The molecular formula is C10H10ClNO3. The van der Waals surface area contributed by atoms with Gasteiger partial charge in [0.1, 0.15) is 5.75 Å². The summed E-state index contributed by atoms with van der Waals surface area (Å²) in [5, 5.41) is 2.87. The molecule has 0 fully saturated rings. The van der Waals surface area contributed by atoms with Crippen molar-refractivity contribution < 1.29 is 14.3 Å². The quantitative estimate of drug-likeness (QED) is 0.621. The van der Waals surface area contributed by atoms with E-state index in [1.165, 1.54) is 7.11 Å². The molecule has 0 saturated heterocycles. The van der Waals surface area contributed by atoms with Crippen molar-refractivity contribution in [3.05, 3.63) is 28.8 Å². The van der Waals surface area contributed by atoms with E-state index in [0.29, 0.717) is 10.8 Å². The highest BCUT2D eigenvalue weighted by molar-refractivity contribution is 6.32. The van der Waals surface area contributed by atoms with Crippen LogP contribution < -0.4 is 10.1 Å². The Morgan fingerprint density at radius 2 is 2.33 bits per heavy atom. The molecule has 0 saturated carbocycles. The molecule has 0 radical (unpaired) electrons. The van der Waals surface area contributed by atoms with Gasteiger partial charge in [0.25, 0.3) is 5.91 Å². The smallest absolute Gasteiger partial charge is 0.284 e. The number of halogens is 1. The maximum absolute atomic E-state index is 10.7. The molecule has 5 heteroatoms. The molecule has 0 spiro atoms. The Bertz CT molecular complexity index is 379. The standard InChI is InChI=1S/C10H10ClNO3/c1-15-9-3-2-7(4-8(9)11)5-12-10(14)6-13/h2-4,6H,5H2,1H3,(H,12,14). The second-order valence-electron chi connectivity index (χ2n) is 2.80. The minimum atomic E-state index is -0.651. The first-order valence-electron chi connectivity index (χ1n) is 4.22. The van der Waals surface area contributed by atoms with Gasteiger partial charge in [0, 0.05) is 6.54 Å². The number of carbonyl (C=O) groups is 2. The summed E-state index contributed by atoms with van der Waals surface area (Å²) in [6.07, 6.45) is 0.227. The molecule has 0 unspecified atom stereocenters. The van der Waals surface area contributed by atoms with Gasteiger partial charge in [-0.2, -0.15) is 0 Å². The zero-order valence-electron chi connectivity index (χ0n) is 8.12. The van der Waals surface area contributed by atoms with E-state index >= 15 is 0 Å². The monoisotopic (exact) mass is 227 g/mol. The number of nitrogens with one attached hydrogen (secondary N) is 1. The van der Waals surface area contributed by atoms with Crippen LogP contribution in [0.1, 0.15) is 5.56 Å². The molecular weight excluding hydrogens is 218 g/mol. The van der Waals surface area contributed by atoms with Crippen molar-refractivity contribution in [1.82, 2.24) is 5.32 Å². The Kier molecular flexibility index (Phi) is 4.12. The number of amides is 1. The van der Waals surface area contributed by atoms with E-state index in [1.807, 2.05) is 0 Å². The summed E-state index contributed by atoms with van der Waals surface area (Å²) in [6, 6.07) is 5.13. The minimum Gasteiger partial charge on any atom is -0.495 e. The molecule has 80 valence electrons. The molecule has 4 nitrogen and oxygen atoms in total. The first-order valence-corrected chi connectivity index (χ1v) is 4.60. The van der Waals surface area contributed by atoms with Crippen molar-refractivity contribution in [2.45, 2.75) is 6.54 Å². The van der Waals surface area contributed by atoms with Gasteiger partial charge in [-0.05, 0) is 17.7 Å². The molecule has 1 amide bonds. The lowest BCUT2D eigenvalue weighted by Crippen LogP contribution is -2.23. The third-order valence-electron chi connectivity index (χ3n) is 1.79. The van der Waals surface area contributed by atoms with Gasteiger partial charge in [0.15, 0.2) is 0 Å². The van der Waals surface area contributed by atoms with Crippen molar-refractivity contribution in [1.29, 1.82) is 0 Å². The molecule has 0 heterocycles. The van der Waals surface area contributed by atoms with Crippen LogP contribution in [0.4, 0.5) is 0 Å². The van der Waals surface area contributed by atoms with Gasteiger partial charge in [-0.25, -0.2) is 0 Å². The van der Waals surface area contributed by atoms with Crippen molar-refractivity contribution in [2.24, 2.45) is 0 Å². The maximum Gasteiger partial charge on any atom is 0.284 e. The van der Waals surface area contributed by atoms with Crippen LogP contribution in [0.2, 0.25) is 5.02 Å². The molecule has 0 bridgehead atoms. The second-order valence-corrected chi connectivity index (χ2v) is 3.21. The van der Waals surface area contributed by atoms with Crippen LogP contribution in [0, 0.1) is 0 Å². The average molecular weight is 228 g/mol. The Morgan fingerprint density at radius 3 is 2.87 bits per heavy atom. The van der Waals surface area contributed by atoms with Gasteiger partial charge >= 0.3 is 0 Å². The molecule has 0 aliphatic carbocycles. The number of methoxy groups -OCH3 is 1. The molecule has 1 aromatic carbocycles. The maximum atomic E-state index is 10.7. The lowest BCUT2D eigenvalue weighted by Gasteiger charge is -2.05. The van der Waals surface area contributed by atoms with E-state index < -0.39 is 5.91 Å². The van der Waals surface area contributed by atoms with E-state index in [1.54, 1.807) is 18.2 Å². The minimum absolute atomic E-state index is 0.227. The van der Waals surface area contributed by atoms with Gasteiger partial charge < -0.3 is 10.1 Å². The number of aldehydes is 1. The van der Waals surface area contributed by atoms with E-state index in [2.05, 4.69) is 5.32 Å². The number of carbonyl (C=O) groups excluding carboxylic acids is 2. The van der Waals surface area contributed by atoms with E-state index in [4.69, 9.17) is 16.3 Å². The largest absolute Gasteiger partial charge is 0.495 e. The third-order valence-corrected chi connectivity index (χ3v) is 2.09. The molecule has 0 aliphatic rings. The molecule has 1 aromatic rings. The van der Waals surface area contributed by atoms with Crippen molar-refractivity contribution in [3.8, 4) is 5.75 Å². The number of rotatable bonds is 4. The van der Waals surface area contributed by atoms with Crippen LogP contribution >= 0.6 is 11.6 Å². The Morgan fingerprint density at radius 1 is 1.60 bits per heavy atom. The fraction of sp³-hybridized carbons (Fsp3) is 0.200. The van der Waals surface area contributed by atoms with Crippen LogP contribution in [-0.4, -0.2) is 19.3 Å². The highest BCUT2D eigenvalue weighted by Gasteiger charge is 2.03. The van der Waals surface area contributed by atoms with E-state index in [9.17, 15) is 9.59 Å². The fourth-order valence-electron chi connectivity index (χ4n) is 1.05. The summed E-state index contributed by atoms with van der Waals surface area (Å²) in [7, 11) is 1.52. The lowest BCUT2D eigenvalue weighted by atomic mass is 10.2. The number of benzene rings is 1. The third kappa shape index (κ3) is 3.25. The van der Waals surface area contributed by atoms with E-state index in [-0.39, 0.29) is 12.8 Å². The van der Waals surface area contributed by atoms with Crippen LogP contribution in [0.25, 0.3) is 0 Å². The molecule has 1 N–H and O–H groups in total. The van der Waals surface area contributed by atoms with Gasteiger partial charge in [0.05, 0.1) is 12.1 Å². The van der Waals surface area contributed by atoms with Crippen LogP contribution in [-0.2, 0) is 16.1 Å². The Hall–Kier alpha value is -1.55. The van der Waals surface area contributed by atoms with Crippen molar-refractivity contribution in [2.75, 3.05) is 7.11 Å². The van der Waals surface area contributed by atoms with E-state index in [0.717, 1.165) is 5.56 Å². The van der Waals surface area contributed by atoms with Crippen LogP contribution in [0.3, 0.4) is 0 Å². The van der Waals surface area contributed by atoms with Gasteiger partial charge in [-0.3, -0.25) is 9.59 Å². The summed E-state index contributed by atoms with van der Waals surface area (Å²) < 4.78 is 4.97. The average Bonchev–Trinajstić information content (AvgIpc) is 2.26. The summed E-state index contributed by atoms with van der Waals surface area (Å²) >= 11 is 5.87. The number of ether oxygens (including phenoxy) is 1. The normalized spacial score (nSPS) is 9.47. The predicted octanol–water partition coefficient (Wildman–Crippen LogP) is 1.16. The van der Waals surface area contributed by atoms with Gasteiger partial charge in [-0.15, -0.1) is 0 Å². The molecule has 0 aromatic heterocycles. The first kappa shape index (κ1) is 11.5. The number of hydrogen-bond donors (Lipinski definition) is 1. The predicted molar refractivity (Wildman–Crippen MR) is 55.9 cm³/mol. The van der Waals surface area contributed by atoms with Gasteiger partial charge in [-0.1, -0.05) is 17.7 Å². The Labute approximate surface area is 92.2 Å². The summed E-state index contributed by atoms with van der Waals surface area (Å²) in [5.41, 5.74) is 0.802.